The summed E-state index contributed by atoms with van der Waals surface area (Å²) in [5.41, 5.74) is 0. The van der Waals surface area contributed by atoms with Crippen molar-refractivity contribution in [2.24, 2.45) is 5.92 Å². The fourth-order valence-electron chi connectivity index (χ4n) is 2.30. The molecule has 0 aromatic heterocycles. The topological polar surface area (TPSA) is 32.3 Å². The van der Waals surface area contributed by atoms with Crippen LogP contribution in [-0.4, -0.2) is 36.5 Å². The zero-order valence-corrected chi connectivity index (χ0v) is 8.33. The maximum absolute atomic E-state index is 11.6. The maximum atomic E-state index is 11.6. The van der Waals surface area contributed by atoms with E-state index in [0.717, 1.165) is 32.5 Å². The number of rotatable bonds is 1. The first-order chi connectivity index (χ1) is 6.81. The van der Waals surface area contributed by atoms with Crippen LogP contribution in [0.2, 0.25) is 0 Å². The number of amides is 1. The number of hydrogen-bond donors (Lipinski definition) is 1. The van der Waals surface area contributed by atoms with E-state index in [9.17, 15) is 4.79 Å². The Morgan fingerprint density at radius 2 is 2.43 bits per heavy atom. The molecule has 76 valence electrons. The minimum atomic E-state index is 0.143. The van der Waals surface area contributed by atoms with Gasteiger partial charge in [-0.15, -0.1) is 12.3 Å². The summed E-state index contributed by atoms with van der Waals surface area (Å²) >= 11 is 0. The smallest absolute Gasteiger partial charge is 0.224 e. The molecule has 0 radical (unpaired) electrons. The first kappa shape index (κ1) is 9.54. The number of nitrogens with zero attached hydrogens (tertiary/aromatic N) is 1. The minimum absolute atomic E-state index is 0.143. The molecule has 2 aliphatic heterocycles. The molecule has 2 heterocycles. The fourth-order valence-corrected chi connectivity index (χ4v) is 2.30. The van der Waals surface area contributed by atoms with Gasteiger partial charge in [-0.2, -0.15) is 0 Å². The van der Waals surface area contributed by atoms with Crippen LogP contribution in [0.15, 0.2) is 0 Å². The van der Waals surface area contributed by atoms with Gasteiger partial charge in [-0.3, -0.25) is 4.79 Å². The van der Waals surface area contributed by atoms with E-state index in [0.29, 0.717) is 12.5 Å². The fraction of sp³-hybridized carbons (Fsp3) is 0.727. The maximum Gasteiger partial charge on any atom is 0.224 e. The molecule has 0 spiro atoms. The van der Waals surface area contributed by atoms with E-state index in [2.05, 4.69) is 11.2 Å². The lowest BCUT2D eigenvalue weighted by atomic mass is 10.1. The SMILES string of the molecule is C#CC1CC(=O)N(C2CCCNC2)C1. The second kappa shape index (κ2) is 4.02. The van der Waals surface area contributed by atoms with Gasteiger partial charge in [0, 0.05) is 31.5 Å². The van der Waals surface area contributed by atoms with Crippen molar-refractivity contribution in [2.75, 3.05) is 19.6 Å². The van der Waals surface area contributed by atoms with Crippen LogP contribution in [0.25, 0.3) is 0 Å². The van der Waals surface area contributed by atoms with Gasteiger partial charge in [-0.25, -0.2) is 0 Å². The number of piperidine rings is 1. The molecular formula is C11H16N2O. The van der Waals surface area contributed by atoms with Gasteiger partial charge in [-0.05, 0) is 19.4 Å². The Balaban J connectivity index is 1.97. The molecule has 0 bridgehead atoms. The lowest BCUT2D eigenvalue weighted by Gasteiger charge is -2.31. The summed E-state index contributed by atoms with van der Waals surface area (Å²) in [6, 6.07) is 0.384. The predicted octanol–water partition coefficient (Wildman–Crippen LogP) is 0.220. The minimum Gasteiger partial charge on any atom is -0.337 e. The third-order valence-electron chi connectivity index (χ3n) is 3.11. The molecule has 2 aliphatic rings. The molecule has 2 atom stereocenters. The summed E-state index contributed by atoms with van der Waals surface area (Å²) in [4.78, 5) is 13.6. The highest BCUT2D eigenvalue weighted by atomic mass is 16.2. The monoisotopic (exact) mass is 192 g/mol. The molecule has 2 rings (SSSR count). The van der Waals surface area contributed by atoms with Crippen molar-refractivity contribution in [1.29, 1.82) is 0 Å². The van der Waals surface area contributed by atoms with Crippen molar-refractivity contribution < 1.29 is 4.79 Å². The molecule has 2 unspecified atom stereocenters. The number of carbonyl (C=O) groups excluding carboxylic acids is 1. The van der Waals surface area contributed by atoms with Gasteiger partial charge >= 0.3 is 0 Å². The molecule has 0 aromatic carbocycles. The van der Waals surface area contributed by atoms with Crippen molar-refractivity contribution in [1.82, 2.24) is 10.2 Å². The summed E-state index contributed by atoms with van der Waals surface area (Å²) in [6.45, 7) is 2.78. The van der Waals surface area contributed by atoms with Crippen molar-refractivity contribution in [3.63, 3.8) is 0 Å². The van der Waals surface area contributed by atoms with E-state index in [-0.39, 0.29) is 11.8 Å². The second-order valence-electron chi connectivity index (χ2n) is 4.11. The van der Waals surface area contributed by atoms with Gasteiger partial charge in [0.2, 0.25) is 5.91 Å². The van der Waals surface area contributed by atoms with E-state index in [4.69, 9.17) is 6.42 Å². The van der Waals surface area contributed by atoms with Crippen LogP contribution in [0.3, 0.4) is 0 Å². The van der Waals surface area contributed by atoms with Crippen LogP contribution in [0.1, 0.15) is 19.3 Å². The summed E-state index contributed by atoms with van der Waals surface area (Å²) in [5, 5.41) is 3.32. The summed E-state index contributed by atoms with van der Waals surface area (Å²) in [7, 11) is 0. The van der Waals surface area contributed by atoms with Crippen molar-refractivity contribution in [3.05, 3.63) is 0 Å². The average Bonchev–Trinajstić information content (AvgIpc) is 2.61. The molecule has 0 aromatic rings. The van der Waals surface area contributed by atoms with E-state index >= 15 is 0 Å². The van der Waals surface area contributed by atoms with Gasteiger partial charge < -0.3 is 10.2 Å². The Hall–Kier alpha value is -1.01. The largest absolute Gasteiger partial charge is 0.337 e. The molecule has 0 saturated carbocycles. The van der Waals surface area contributed by atoms with Gasteiger partial charge in [0.25, 0.3) is 0 Å². The lowest BCUT2D eigenvalue weighted by Crippen LogP contribution is -2.46. The van der Waals surface area contributed by atoms with E-state index in [1.165, 1.54) is 0 Å². The highest BCUT2D eigenvalue weighted by Gasteiger charge is 2.33. The van der Waals surface area contributed by atoms with Crippen LogP contribution >= 0.6 is 0 Å². The number of hydrogen-bond acceptors (Lipinski definition) is 2. The molecule has 2 fully saturated rings. The van der Waals surface area contributed by atoms with Crippen molar-refractivity contribution >= 4 is 5.91 Å². The highest BCUT2D eigenvalue weighted by Crippen LogP contribution is 2.22. The first-order valence-electron chi connectivity index (χ1n) is 5.27. The Morgan fingerprint density at radius 1 is 1.57 bits per heavy atom. The predicted molar refractivity (Wildman–Crippen MR) is 54.5 cm³/mol. The van der Waals surface area contributed by atoms with Crippen LogP contribution in [0.5, 0.6) is 0 Å². The summed E-state index contributed by atoms with van der Waals surface area (Å²) < 4.78 is 0. The third kappa shape index (κ3) is 1.76. The number of nitrogens with one attached hydrogen (secondary N) is 1. The van der Waals surface area contributed by atoms with Crippen LogP contribution < -0.4 is 5.32 Å². The quantitative estimate of drug-likeness (QED) is 0.603. The standard InChI is InChI=1S/C11H16N2O/c1-2-9-6-11(14)13(8-9)10-4-3-5-12-7-10/h1,9-10,12H,3-8H2. The zero-order chi connectivity index (χ0) is 9.97. The van der Waals surface area contributed by atoms with E-state index in [1.807, 2.05) is 4.90 Å². The molecule has 1 N–H and O–H groups in total. The Labute approximate surface area is 84.8 Å². The van der Waals surface area contributed by atoms with Crippen LogP contribution in [0.4, 0.5) is 0 Å². The molecule has 2 saturated heterocycles. The van der Waals surface area contributed by atoms with E-state index in [1.54, 1.807) is 0 Å². The Morgan fingerprint density at radius 3 is 3.00 bits per heavy atom. The molecule has 3 heteroatoms. The molecule has 3 nitrogen and oxygen atoms in total. The number of likely N-dealkylation sites (tertiary alicyclic amines) is 1. The van der Waals surface area contributed by atoms with Crippen molar-refractivity contribution in [2.45, 2.75) is 25.3 Å². The summed E-state index contributed by atoms with van der Waals surface area (Å²) in [6.07, 6.45) is 8.17. The summed E-state index contributed by atoms with van der Waals surface area (Å²) in [5.74, 6) is 3.06. The molecule has 1 amide bonds. The Kier molecular flexibility index (Phi) is 2.74. The van der Waals surface area contributed by atoms with Gasteiger partial charge in [0.15, 0.2) is 0 Å². The zero-order valence-electron chi connectivity index (χ0n) is 8.33. The molecule has 0 aliphatic carbocycles. The third-order valence-corrected chi connectivity index (χ3v) is 3.11. The van der Waals surface area contributed by atoms with Crippen molar-refractivity contribution in [3.8, 4) is 12.3 Å². The van der Waals surface area contributed by atoms with E-state index < -0.39 is 0 Å². The molecular weight excluding hydrogens is 176 g/mol. The average molecular weight is 192 g/mol. The second-order valence-corrected chi connectivity index (χ2v) is 4.11. The Bertz CT molecular complexity index is 263. The van der Waals surface area contributed by atoms with Gasteiger partial charge in [-0.1, -0.05) is 0 Å². The normalized spacial score (nSPS) is 33.1. The highest BCUT2D eigenvalue weighted by molar-refractivity contribution is 5.79. The number of carbonyl (C=O) groups is 1. The first-order valence-corrected chi connectivity index (χ1v) is 5.27. The number of terminal acetylenes is 1. The molecule has 14 heavy (non-hydrogen) atoms. The van der Waals surface area contributed by atoms with Gasteiger partial charge in [0.05, 0.1) is 0 Å². The van der Waals surface area contributed by atoms with Gasteiger partial charge in [0.1, 0.15) is 0 Å². The van der Waals surface area contributed by atoms with Crippen LogP contribution in [-0.2, 0) is 4.79 Å². The lowest BCUT2D eigenvalue weighted by molar-refractivity contribution is -0.129. The van der Waals surface area contributed by atoms with Crippen LogP contribution in [0, 0.1) is 18.3 Å².